The molecule has 7 heteroatoms. The molecule has 0 bridgehead atoms. The fourth-order valence-electron chi connectivity index (χ4n) is 3.13. The van der Waals surface area contributed by atoms with E-state index in [1.807, 2.05) is 43.6 Å². The molecule has 27 heavy (non-hydrogen) atoms. The summed E-state index contributed by atoms with van der Waals surface area (Å²) in [5.74, 6) is -0.316. The molecule has 0 saturated heterocycles. The summed E-state index contributed by atoms with van der Waals surface area (Å²) in [6.07, 6.45) is 4.05. The van der Waals surface area contributed by atoms with E-state index in [4.69, 9.17) is 14.5 Å². The van der Waals surface area contributed by atoms with Crippen molar-refractivity contribution in [1.29, 1.82) is 0 Å². The Bertz CT molecular complexity index is 1110. The molecule has 0 fully saturated rings. The smallest absolute Gasteiger partial charge is 0.348 e. The quantitative estimate of drug-likeness (QED) is 0.441. The summed E-state index contributed by atoms with van der Waals surface area (Å²) < 4.78 is 12.4. The molecule has 0 aliphatic rings. The van der Waals surface area contributed by atoms with E-state index in [-0.39, 0.29) is 5.97 Å². The third kappa shape index (κ3) is 3.18. The van der Waals surface area contributed by atoms with Gasteiger partial charge in [0.1, 0.15) is 9.71 Å². The third-order valence-electron chi connectivity index (χ3n) is 4.23. The van der Waals surface area contributed by atoms with Gasteiger partial charge in [0.05, 0.1) is 24.3 Å². The lowest BCUT2D eigenvalue weighted by Crippen LogP contribution is -1.97. The van der Waals surface area contributed by atoms with Crippen LogP contribution in [0.5, 0.6) is 0 Å². The van der Waals surface area contributed by atoms with E-state index < -0.39 is 0 Å². The summed E-state index contributed by atoms with van der Waals surface area (Å²) in [7, 11) is 3.10. The average molecular weight is 399 g/mol. The predicted octanol–water partition coefficient (Wildman–Crippen LogP) is 5.06. The van der Waals surface area contributed by atoms with Gasteiger partial charge in [-0.25, -0.2) is 9.78 Å². The van der Waals surface area contributed by atoms with E-state index in [1.54, 1.807) is 18.4 Å². The largest absolute Gasteiger partial charge is 0.465 e. The van der Waals surface area contributed by atoms with Gasteiger partial charge < -0.3 is 14.0 Å². The molecule has 0 atom stereocenters. The second-order valence-electron chi connectivity index (χ2n) is 6.06. The minimum Gasteiger partial charge on any atom is -0.465 e. The lowest BCUT2D eigenvalue weighted by molar-refractivity contribution is 0.0606. The number of rotatable bonds is 5. The minimum absolute atomic E-state index is 0.316. The number of methoxy groups -OCH3 is 2. The Morgan fingerprint density at radius 2 is 1.96 bits per heavy atom. The van der Waals surface area contributed by atoms with Crippen LogP contribution in [-0.2, 0) is 16.1 Å². The molecule has 138 valence electrons. The number of aromatic nitrogens is 2. The number of pyridine rings is 1. The second-order valence-corrected chi connectivity index (χ2v) is 8.14. The first kappa shape index (κ1) is 17.9. The number of ether oxygens (including phenoxy) is 2. The normalized spacial score (nSPS) is 11.2. The minimum atomic E-state index is -0.316. The van der Waals surface area contributed by atoms with Crippen molar-refractivity contribution in [3.05, 3.63) is 58.9 Å². The van der Waals surface area contributed by atoms with Crippen LogP contribution in [-0.4, -0.2) is 29.7 Å². The zero-order chi connectivity index (χ0) is 19.0. The van der Waals surface area contributed by atoms with Crippen molar-refractivity contribution < 1.29 is 14.3 Å². The van der Waals surface area contributed by atoms with Crippen LogP contribution in [0, 0.1) is 6.92 Å². The number of fused-ring (bicyclic) bond motifs is 1. The Kier molecular flexibility index (Phi) is 4.82. The van der Waals surface area contributed by atoms with Gasteiger partial charge >= 0.3 is 5.97 Å². The van der Waals surface area contributed by atoms with E-state index in [1.165, 1.54) is 18.4 Å². The van der Waals surface area contributed by atoms with Crippen LogP contribution in [0.25, 0.3) is 25.7 Å². The van der Waals surface area contributed by atoms with Crippen LogP contribution in [0.1, 0.15) is 20.9 Å². The summed E-state index contributed by atoms with van der Waals surface area (Å²) in [6.45, 7) is 2.51. The van der Waals surface area contributed by atoms with Crippen molar-refractivity contribution >= 4 is 38.9 Å². The highest BCUT2D eigenvalue weighted by molar-refractivity contribution is 7.26. The molecule has 4 heterocycles. The zero-order valence-electron chi connectivity index (χ0n) is 15.2. The maximum Gasteiger partial charge on any atom is 0.348 e. The maximum atomic E-state index is 11.9. The fourth-order valence-corrected chi connectivity index (χ4v) is 5.43. The van der Waals surface area contributed by atoms with Gasteiger partial charge in [-0.3, -0.25) is 0 Å². The topological polar surface area (TPSA) is 53.4 Å². The Morgan fingerprint density at radius 3 is 2.67 bits per heavy atom. The molecule has 4 aromatic rings. The molecule has 0 spiro atoms. The van der Waals surface area contributed by atoms with Gasteiger partial charge in [-0.05, 0) is 42.8 Å². The SMILES string of the molecule is COCc1cc(C)nc2sc(-c3ccc(C(=O)OC)s3)c(-n3cccc3)c12. The first-order chi connectivity index (χ1) is 13.1. The molecule has 0 aliphatic heterocycles. The van der Waals surface area contributed by atoms with Gasteiger partial charge in [0.25, 0.3) is 0 Å². The van der Waals surface area contributed by atoms with Crippen molar-refractivity contribution in [3.63, 3.8) is 0 Å². The molecule has 4 rings (SSSR count). The summed E-state index contributed by atoms with van der Waals surface area (Å²) >= 11 is 3.07. The summed E-state index contributed by atoms with van der Waals surface area (Å²) in [4.78, 5) is 20.3. The number of nitrogens with zero attached hydrogens (tertiary/aromatic N) is 2. The van der Waals surface area contributed by atoms with Crippen LogP contribution < -0.4 is 0 Å². The van der Waals surface area contributed by atoms with Gasteiger partial charge in [0, 0.05) is 35.5 Å². The third-order valence-corrected chi connectivity index (χ3v) is 6.54. The van der Waals surface area contributed by atoms with Gasteiger partial charge in [0.2, 0.25) is 0 Å². The Balaban J connectivity index is 2.00. The molecule has 0 aliphatic carbocycles. The molecular weight excluding hydrogens is 380 g/mol. The lowest BCUT2D eigenvalue weighted by atomic mass is 10.1. The van der Waals surface area contributed by atoms with Gasteiger partial charge in [0.15, 0.2) is 0 Å². The number of hydrogen-bond acceptors (Lipinski definition) is 6. The van der Waals surface area contributed by atoms with Crippen molar-refractivity contribution in [1.82, 2.24) is 9.55 Å². The molecule has 4 aromatic heterocycles. The molecule has 0 N–H and O–H groups in total. The first-order valence-electron chi connectivity index (χ1n) is 8.36. The van der Waals surface area contributed by atoms with Crippen LogP contribution >= 0.6 is 22.7 Å². The number of esters is 1. The molecular formula is C20H18N2O3S2. The van der Waals surface area contributed by atoms with E-state index in [0.717, 1.165) is 36.9 Å². The Hall–Kier alpha value is -2.48. The number of hydrogen-bond donors (Lipinski definition) is 0. The summed E-state index contributed by atoms with van der Waals surface area (Å²) in [5, 5.41) is 1.09. The predicted molar refractivity (Wildman–Crippen MR) is 109 cm³/mol. The zero-order valence-corrected chi connectivity index (χ0v) is 16.8. The van der Waals surface area contributed by atoms with Gasteiger partial charge in [-0.2, -0.15) is 0 Å². The number of thiophene rings is 2. The average Bonchev–Trinajstić information content (AvgIpc) is 3.39. The van der Waals surface area contributed by atoms with E-state index in [9.17, 15) is 4.79 Å². The Labute approximate surface area is 164 Å². The molecule has 0 saturated carbocycles. The highest BCUT2D eigenvalue weighted by atomic mass is 32.1. The van der Waals surface area contributed by atoms with Crippen molar-refractivity contribution in [2.45, 2.75) is 13.5 Å². The monoisotopic (exact) mass is 398 g/mol. The molecule has 5 nitrogen and oxygen atoms in total. The van der Waals surface area contributed by atoms with Crippen molar-refractivity contribution in [2.75, 3.05) is 14.2 Å². The number of carbonyl (C=O) groups is 1. The summed E-state index contributed by atoms with van der Waals surface area (Å²) in [5.41, 5.74) is 3.14. The highest BCUT2D eigenvalue weighted by Gasteiger charge is 2.21. The first-order valence-corrected chi connectivity index (χ1v) is 9.99. The fraction of sp³-hybridized carbons (Fsp3) is 0.200. The van der Waals surface area contributed by atoms with E-state index in [2.05, 4.69) is 10.6 Å². The molecule has 0 radical (unpaired) electrons. The Morgan fingerprint density at radius 1 is 1.19 bits per heavy atom. The summed E-state index contributed by atoms with van der Waals surface area (Å²) in [6, 6.07) is 9.85. The molecule has 0 aromatic carbocycles. The van der Waals surface area contributed by atoms with Crippen LogP contribution in [0.4, 0.5) is 0 Å². The number of carbonyl (C=O) groups excluding carboxylic acids is 1. The highest BCUT2D eigenvalue weighted by Crippen LogP contribution is 2.44. The van der Waals surface area contributed by atoms with Gasteiger partial charge in [-0.15, -0.1) is 22.7 Å². The van der Waals surface area contributed by atoms with Crippen LogP contribution in [0.15, 0.2) is 42.7 Å². The van der Waals surface area contributed by atoms with Gasteiger partial charge in [-0.1, -0.05) is 0 Å². The van der Waals surface area contributed by atoms with Crippen molar-refractivity contribution in [2.24, 2.45) is 0 Å². The standard InChI is InChI=1S/C20H18N2O3S2/c1-12-10-13(11-24-2)16-17(22-8-4-5-9-22)18(27-19(16)21-12)14-6-7-15(26-14)20(23)25-3/h4-10H,11H2,1-3H3. The van der Waals surface area contributed by atoms with E-state index in [0.29, 0.717) is 11.5 Å². The number of aryl methyl sites for hydroxylation is 1. The van der Waals surface area contributed by atoms with E-state index >= 15 is 0 Å². The van der Waals surface area contributed by atoms with Crippen LogP contribution in [0.3, 0.4) is 0 Å². The second kappa shape index (κ2) is 7.26. The molecule has 0 amide bonds. The van der Waals surface area contributed by atoms with Crippen molar-refractivity contribution in [3.8, 4) is 15.4 Å². The molecule has 0 unspecified atom stereocenters. The lowest BCUT2D eigenvalue weighted by Gasteiger charge is -2.09. The van der Waals surface area contributed by atoms with Crippen LogP contribution in [0.2, 0.25) is 0 Å². The maximum absolute atomic E-state index is 11.9.